The van der Waals surface area contributed by atoms with Gasteiger partial charge >= 0.3 is 0 Å². The number of nitrogens with zero attached hydrogens (tertiary/aromatic N) is 1. The highest BCUT2D eigenvalue weighted by molar-refractivity contribution is 7.85. The maximum Gasteiger partial charge on any atom is 0.171 e. The van der Waals surface area contributed by atoms with Crippen LogP contribution in [-0.4, -0.2) is 0 Å². The Kier molecular flexibility index (Phi) is 5.48. The topological polar surface area (TPSA) is 29.5 Å². The molecule has 1 aliphatic carbocycles. The van der Waals surface area contributed by atoms with E-state index in [2.05, 4.69) is 102 Å². The van der Waals surface area contributed by atoms with E-state index in [1.165, 1.54) is 16.7 Å². The number of hydrogen-bond donors (Lipinski definition) is 0. The molecule has 0 saturated heterocycles. The van der Waals surface area contributed by atoms with Crippen molar-refractivity contribution in [3.8, 4) is 22.6 Å². The summed E-state index contributed by atoms with van der Waals surface area (Å²) in [6.07, 6.45) is 0. The number of ether oxygens (including phenoxy) is 1. The molecule has 222 valence electrons. The second kappa shape index (κ2) is 9.69. The predicted octanol–water partition coefficient (Wildman–Crippen LogP) is 9.58. The Labute approximate surface area is 273 Å². The molecule has 0 saturated carbocycles. The van der Waals surface area contributed by atoms with Crippen molar-refractivity contribution in [2.75, 3.05) is 4.90 Å². The van der Waals surface area contributed by atoms with Crippen LogP contribution in [-0.2, 0) is 9.98 Å². The molecule has 0 N–H and O–H groups in total. The molecule has 1 unspecified atom stereocenters. The smallest absolute Gasteiger partial charge is 0.171 e. The fourth-order valence-electron chi connectivity index (χ4n) is 8.25. The molecule has 0 aromatic heterocycles. The van der Waals surface area contributed by atoms with Crippen LogP contribution in [0.1, 0.15) is 22.3 Å². The Morgan fingerprint density at radius 2 is 1.02 bits per heavy atom. The highest BCUT2D eigenvalue weighted by atomic mass is 31.2. The van der Waals surface area contributed by atoms with E-state index >= 15 is 4.57 Å². The zero-order valence-electron chi connectivity index (χ0n) is 25.4. The zero-order valence-corrected chi connectivity index (χ0v) is 26.3. The van der Waals surface area contributed by atoms with Crippen molar-refractivity contribution in [1.29, 1.82) is 0 Å². The molecule has 47 heavy (non-hydrogen) atoms. The third-order valence-corrected chi connectivity index (χ3v) is 13.2. The first-order valence-electron chi connectivity index (χ1n) is 16.0. The minimum Gasteiger partial charge on any atom is -0.453 e. The van der Waals surface area contributed by atoms with Crippen molar-refractivity contribution in [3.63, 3.8) is 0 Å². The van der Waals surface area contributed by atoms with Crippen LogP contribution in [0.25, 0.3) is 11.1 Å². The summed E-state index contributed by atoms with van der Waals surface area (Å²) in [6, 6.07) is 58.7. The summed E-state index contributed by atoms with van der Waals surface area (Å²) in [6.45, 7) is 0. The van der Waals surface area contributed by atoms with E-state index < -0.39 is 12.6 Å². The van der Waals surface area contributed by atoms with Gasteiger partial charge in [-0.2, -0.15) is 0 Å². The van der Waals surface area contributed by atoms with Crippen LogP contribution >= 0.6 is 7.14 Å². The molecular formula is C43H28NO2P. The van der Waals surface area contributed by atoms with Crippen LogP contribution < -0.4 is 25.6 Å². The molecule has 2 aliphatic heterocycles. The van der Waals surface area contributed by atoms with E-state index in [1.54, 1.807) is 0 Å². The van der Waals surface area contributed by atoms with E-state index in [0.717, 1.165) is 61.2 Å². The zero-order chi connectivity index (χ0) is 31.2. The van der Waals surface area contributed by atoms with Gasteiger partial charge in [-0.1, -0.05) is 140 Å². The monoisotopic (exact) mass is 621 g/mol. The summed E-state index contributed by atoms with van der Waals surface area (Å²) in [5.74, 6) is 1.67. The standard InChI is InChI=1S/C43H28NO2P/c45-47(29-14-3-1-4-15-29,30-16-5-2-6-17-30)31-26-27-33-32-18-7-8-19-34(32)43(37(33)28-31)35-20-9-10-22-38(35)44-39-23-11-12-24-40(39)46-41-25-13-21-36(43)42(41)44/h1-28H. The molecular weight excluding hydrogens is 593 g/mol. The Morgan fingerprint density at radius 1 is 0.447 bits per heavy atom. The Morgan fingerprint density at radius 3 is 1.79 bits per heavy atom. The van der Waals surface area contributed by atoms with Gasteiger partial charge in [-0.05, 0) is 63.7 Å². The minimum atomic E-state index is -3.24. The van der Waals surface area contributed by atoms with Gasteiger partial charge < -0.3 is 14.2 Å². The lowest BCUT2D eigenvalue weighted by Crippen LogP contribution is -2.37. The number of anilines is 3. The van der Waals surface area contributed by atoms with Crippen molar-refractivity contribution in [3.05, 3.63) is 192 Å². The molecule has 3 nitrogen and oxygen atoms in total. The summed E-state index contributed by atoms with van der Waals surface area (Å²) < 4.78 is 22.3. The number of rotatable bonds is 3. The molecule has 4 heteroatoms. The molecule has 7 aromatic carbocycles. The van der Waals surface area contributed by atoms with Crippen LogP contribution in [0.2, 0.25) is 0 Å². The van der Waals surface area contributed by atoms with Crippen molar-refractivity contribution in [1.82, 2.24) is 0 Å². The summed E-state index contributed by atoms with van der Waals surface area (Å²) in [5.41, 5.74) is 9.60. The van der Waals surface area contributed by atoms with E-state index in [1.807, 2.05) is 72.8 Å². The van der Waals surface area contributed by atoms with Gasteiger partial charge in [-0.25, -0.2) is 0 Å². The molecule has 7 aromatic rings. The Balaban J connectivity index is 1.33. The number of hydrogen-bond acceptors (Lipinski definition) is 3. The van der Waals surface area contributed by atoms with Crippen LogP contribution in [0, 0.1) is 0 Å². The van der Waals surface area contributed by atoms with Gasteiger partial charge in [-0.15, -0.1) is 0 Å². The summed E-state index contributed by atoms with van der Waals surface area (Å²) in [7, 11) is -3.24. The summed E-state index contributed by atoms with van der Waals surface area (Å²) >= 11 is 0. The molecule has 1 atom stereocenters. The molecule has 0 fully saturated rings. The highest BCUT2D eigenvalue weighted by Crippen LogP contribution is 2.66. The Hall–Kier alpha value is -5.63. The average molecular weight is 622 g/mol. The molecule has 1 spiro atoms. The van der Waals surface area contributed by atoms with Crippen LogP contribution in [0.15, 0.2) is 170 Å². The van der Waals surface area contributed by atoms with Crippen LogP contribution in [0.4, 0.5) is 17.1 Å². The maximum absolute atomic E-state index is 15.7. The second-order valence-electron chi connectivity index (χ2n) is 12.4. The lowest BCUT2D eigenvalue weighted by Gasteiger charge is -2.47. The van der Waals surface area contributed by atoms with E-state index in [9.17, 15) is 0 Å². The SMILES string of the molecule is O=P(c1ccccc1)(c1ccccc1)c1ccc2c(c1)C1(c3ccccc3-2)c2ccccc2N2c3ccccc3Oc3cccc1c32. The normalized spacial score (nSPS) is 16.4. The first-order valence-corrected chi connectivity index (χ1v) is 17.7. The van der Waals surface area contributed by atoms with Gasteiger partial charge in [-0.3, -0.25) is 0 Å². The first-order chi connectivity index (χ1) is 23.2. The van der Waals surface area contributed by atoms with Gasteiger partial charge in [0, 0.05) is 15.9 Å². The molecule has 10 rings (SSSR count). The van der Waals surface area contributed by atoms with E-state index in [4.69, 9.17) is 4.74 Å². The molecule has 0 amide bonds. The lowest BCUT2D eigenvalue weighted by atomic mass is 9.64. The lowest BCUT2D eigenvalue weighted by molar-refractivity contribution is 0.473. The maximum atomic E-state index is 15.7. The average Bonchev–Trinajstić information content (AvgIpc) is 3.43. The quantitative estimate of drug-likeness (QED) is 0.184. The van der Waals surface area contributed by atoms with Crippen LogP contribution in [0.3, 0.4) is 0 Å². The van der Waals surface area contributed by atoms with Crippen molar-refractivity contribution < 1.29 is 9.30 Å². The largest absolute Gasteiger partial charge is 0.453 e. The number of benzene rings is 7. The van der Waals surface area contributed by atoms with Crippen LogP contribution in [0.5, 0.6) is 11.5 Å². The summed E-state index contributed by atoms with van der Waals surface area (Å²) in [5, 5.41) is 2.48. The third kappa shape index (κ3) is 3.39. The summed E-state index contributed by atoms with van der Waals surface area (Å²) in [4.78, 5) is 2.37. The minimum absolute atomic E-state index is 0.659. The third-order valence-electron chi connectivity index (χ3n) is 10.1. The highest BCUT2D eigenvalue weighted by Gasteiger charge is 2.53. The number of para-hydroxylation sites is 4. The van der Waals surface area contributed by atoms with Crippen molar-refractivity contribution >= 4 is 40.1 Å². The van der Waals surface area contributed by atoms with Crippen molar-refractivity contribution in [2.45, 2.75) is 5.41 Å². The first kappa shape index (κ1) is 26.6. The molecule has 0 radical (unpaired) electrons. The van der Waals surface area contributed by atoms with E-state index in [-0.39, 0.29) is 0 Å². The van der Waals surface area contributed by atoms with Gasteiger partial charge in [0.15, 0.2) is 18.6 Å². The molecule has 3 aliphatic rings. The van der Waals surface area contributed by atoms with Gasteiger partial charge in [0.25, 0.3) is 0 Å². The van der Waals surface area contributed by atoms with Crippen molar-refractivity contribution in [2.24, 2.45) is 0 Å². The fraction of sp³-hybridized carbons (Fsp3) is 0.0233. The second-order valence-corrected chi connectivity index (χ2v) is 15.1. The molecule has 2 heterocycles. The molecule has 0 bridgehead atoms. The number of fused-ring (bicyclic) bond motifs is 11. The van der Waals surface area contributed by atoms with Gasteiger partial charge in [0.1, 0.15) is 0 Å². The van der Waals surface area contributed by atoms with Gasteiger partial charge in [0.2, 0.25) is 0 Å². The predicted molar refractivity (Wildman–Crippen MR) is 191 cm³/mol. The fourth-order valence-corrected chi connectivity index (χ4v) is 10.9. The Bertz CT molecular complexity index is 2390. The van der Waals surface area contributed by atoms with Gasteiger partial charge in [0.05, 0.1) is 22.5 Å². The van der Waals surface area contributed by atoms with E-state index in [0.29, 0.717) is 0 Å².